The minimum absolute atomic E-state index is 0.0433. The summed E-state index contributed by atoms with van der Waals surface area (Å²) in [5.74, 6) is -0.304. The average Bonchev–Trinajstić information content (AvgIpc) is 3.23. The molecule has 1 amide bonds. The summed E-state index contributed by atoms with van der Waals surface area (Å²) in [5.41, 5.74) is 6.08. The highest BCUT2D eigenvalue weighted by Crippen LogP contribution is 2.24. The highest BCUT2D eigenvalue weighted by molar-refractivity contribution is 6.35. The van der Waals surface area contributed by atoms with Crippen LogP contribution >= 0.6 is 11.6 Å². The number of aromatic amines is 1. The fraction of sp³-hybridized carbons (Fsp3) is 0.222. The fourth-order valence-electron chi connectivity index (χ4n) is 3.34. The number of anilines is 1. The molecule has 29 heavy (non-hydrogen) atoms. The molecule has 0 aliphatic heterocycles. The molecule has 0 unspecified atom stereocenters. The van der Waals surface area contributed by atoms with Crippen molar-refractivity contribution in [2.45, 2.75) is 6.54 Å². The molecule has 0 radical (unpaired) electrons. The summed E-state index contributed by atoms with van der Waals surface area (Å²) in [6.45, 7) is -0.100. The number of hydrogen-bond donors (Lipinski definition) is 3. The summed E-state index contributed by atoms with van der Waals surface area (Å²) in [6, 6.07) is 7.27. The third-order valence-electron chi connectivity index (χ3n) is 4.78. The van der Waals surface area contributed by atoms with Crippen molar-refractivity contribution < 1.29 is 4.79 Å². The van der Waals surface area contributed by atoms with Gasteiger partial charge in [-0.15, -0.1) is 0 Å². The molecule has 0 saturated heterocycles. The zero-order valence-corrected chi connectivity index (χ0v) is 16.4. The molecule has 10 nitrogen and oxygen atoms in total. The summed E-state index contributed by atoms with van der Waals surface area (Å²) in [6.07, 6.45) is 0. The van der Waals surface area contributed by atoms with E-state index in [-0.39, 0.29) is 30.2 Å². The van der Waals surface area contributed by atoms with Crippen molar-refractivity contribution in [1.29, 1.82) is 0 Å². The molecular formula is C18H18ClN7O3. The quantitative estimate of drug-likeness (QED) is 0.437. The van der Waals surface area contributed by atoms with E-state index in [2.05, 4.69) is 15.3 Å². The fourth-order valence-corrected chi connectivity index (χ4v) is 3.57. The van der Waals surface area contributed by atoms with E-state index in [1.165, 1.54) is 16.2 Å². The molecule has 0 fully saturated rings. The Morgan fingerprint density at radius 2 is 2.03 bits per heavy atom. The second-order valence-electron chi connectivity index (χ2n) is 6.72. The van der Waals surface area contributed by atoms with E-state index < -0.39 is 17.2 Å². The van der Waals surface area contributed by atoms with Crippen LogP contribution in [0.3, 0.4) is 0 Å². The maximum Gasteiger partial charge on any atom is 0.332 e. The van der Waals surface area contributed by atoms with Crippen molar-refractivity contribution in [3.63, 3.8) is 0 Å². The van der Waals surface area contributed by atoms with Crippen molar-refractivity contribution in [2.24, 2.45) is 19.8 Å². The Bertz CT molecular complexity index is 1390. The summed E-state index contributed by atoms with van der Waals surface area (Å²) in [7, 11) is 3.16. The molecule has 0 aliphatic carbocycles. The van der Waals surface area contributed by atoms with Gasteiger partial charge in [-0.3, -0.25) is 18.7 Å². The lowest BCUT2D eigenvalue weighted by atomic mass is 10.2. The molecule has 1 aromatic carbocycles. The summed E-state index contributed by atoms with van der Waals surface area (Å²) >= 11 is 6.21. The van der Waals surface area contributed by atoms with Crippen LogP contribution in [0.15, 0.2) is 33.9 Å². The standard InChI is InChI=1S/C18H18ClN7O3/c1-24-14-15(23-17(24)21-7-13(20)27)25(2)18(29)26(16(14)28)8-9-6-10-11(19)4-3-5-12(10)22-9/h3-6,22H,7-8H2,1-2H3,(H2,20,27)(H,21,23). The number of nitrogens with zero attached hydrogens (tertiary/aromatic N) is 4. The molecular weight excluding hydrogens is 398 g/mol. The second kappa shape index (κ2) is 6.82. The minimum Gasteiger partial charge on any atom is -0.368 e. The molecule has 3 heterocycles. The maximum atomic E-state index is 13.1. The number of halogens is 1. The number of carbonyl (C=O) groups is 1. The number of nitrogens with two attached hydrogens (primary N) is 1. The molecule has 11 heteroatoms. The van der Waals surface area contributed by atoms with Crippen LogP contribution in [-0.4, -0.2) is 36.1 Å². The molecule has 4 rings (SSSR count). The third kappa shape index (κ3) is 3.07. The lowest BCUT2D eigenvalue weighted by Gasteiger charge is -2.07. The van der Waals surface area contributed by atoms with Crippen molar-refractivity contribution in [3.8, 4) is 0 Å². The Kier molecular flexibility index (Phi) is 4.42. The van der Waals surface area contributed by atoms with E-state index in [0.717, 1.165) is 15.5 Å². The highest BCUT2D eigenvalue weighted by atomic mass is 35.5. The van der Waals surface area contributed by atoms with Crippen LogP contribution in [0, 0.1) is 0 Å². The van der Waals surface area contributed by atoms with Crippen LogP contribution in [0.5, 0.6) is 0 Å². The predicted molar refractivity (Wildman–Crippen MR) is 110 cm³/mol. The van der Waals surface area contributed by atoms with Crippen LogP contribution in [0.25, 0.3) is 22.1 Å². The molecule has 3 aromatic heterocycles. The van der Waals surface area contributed by atoms with Gasteiger partial charge in [-0.25, -0.2) is 4.79 Å². The first-order chi connectivity index (χ1) is 13.8. The molecule has 4 N–H and O–H groups in total. The smallest absolute Gasteiger partial charge is 0.332 e. The molecule has 0 aliphatic rings. The van der Waals surface area contributed by atoms with Gasteiger partial charge in [-0.05, 0) is 18.2 Å². The summed E-state index contributed by atoms with van der Waals surface area (Å²) in [5, 5.41) is 4.16. The maximum absolute atomic E-state index is 13.1. The van der Waals surface area contributed by atoms with Gasteiger partial charge in [0.25, 0.3) is 5.56 Å². The van der Waals surface area contributed by atoms with Crippen LogP contribution in [0.1, 0.15) is 5.69 Å². The van der Waals surface area contributed by atoms with E-state index in [1.54, 1.807) is 13.1 Å². The number of carbonyl (C=O) groups excluding carboxylic acids is 1. The monoisotopic (exact) mass is 415 g/mol. The van der Waals surface area contributed by atoms with E-state index in [1.807, 2.05) is 18.2 Å². The first kappa shape index (κ1) is 18.8. The molecule has 0 bridgehead atoms. The van der Waals surface area contributed by atoms with E-state index >= 15 is 0 Å². The highest BCUT2D eigenvalue weighted by Gasteiger charge is 2.19. The van der Waals surface area contributed by atoms with Gasteiger partial charge in [0.05, 0.1) is 13.1 Å². The molecule has 0 spiro atoms. The van der Waals surface area contributed by atoms with Gasteiger partial charge < -0.3 is 20.6 Å². The number of primary amides is 1. The van der Waals surface area contributed by atoms with Gasteiger partial charge in [0.2, 0.25) is 11.9 Å². The van der Waals surface area contributed by atoms with Crippen LogP contribution < -0.4 is 22.3 Å². The zero-order chi connectivity index (χ0) is 20.9. The topological polar surface area (TPSA) is 133 Å². The molecule has 150 valence electrons. The van der Waals surface area contributed by atoms with Crippen LogP contribution in [0.4, 0.5) is 5.95 Å². The van der Waals surface area contributed by atoms with Crippen LogP contribution in [-0.2, 0) is 25.4 Å². The number of nitrogens with one attached hydrogen (secondary N) is 2. The number of imidazole rings is 1. The van der Waals surface area contributed by atoms with E-state index in [4.69, 9.17) is 17.3 Å². The number of hydrogen-bond acceptors (Lipinski definition) is 5. The molecule has 4 aromatic rings. The lowest BCUT2D eigenvalue weighted by Crippen LogP contribution is -2.39. The Labute approximate surface area is 168 Å². The third-order valence-corrected chi connectivity index (χ3v) is 5.11. The second-order valence-corrected chi connectivity index (χ2v) is 7.12. The Hall–Kier alpha value is -3.53. The Balaban J connectivity index is 1.85. The van der Waals surface area contributed by atoms with Gasteiger partial charge >= 0.3 is 5.69 Å². The largest absolute Gasteiger partial charge is 0.368 e. The summed E-state index contributed by atoms with van der Waals surface area (Å²) < 4.78 is 3.92. The number of H-pyrrole nitrogens is 1. The summed E-state index contributed by atoms with van der Waals surface area (Å²) in [4.78, 5) is 44.4. The lowest BCUT2D eigenvalue weighted by molar-refractivity contribution is -0.116. The number of amides is 1. The Morgan fingerprint density at radius 1 is 1.28 bits per heavy atom. The van der Waals surface area contributed by atoms with Gasteiger partial charge in [0.15, 0.2) is 11.2 Å². The number of rotatable bonds is 5. The number of aryl methyl sites for hydroxylation is 2. The van der Waals surface area contributed by atoms with Gasteiger partial charge in [0, 0.05) is 35.7 Å². The normalized spacial score (nSPS) is 11.4. The first-order valence-corrected chi connectivity index (χ1v) is 9.10. The van der Waals surface area contributed by atoms with E-state index in [0.29, 0.717) is 10.7 Å². The van der Waals surface area contributed by atoms with Gasteiger partial charge in [0.1, 0.15) is 0 Å². The molecule has 0 atom stereocenters. The minimum atomic E-state index is -0.569. The first-order valence-electron chi connectivity index (χ1n) is 8.72. The molecule has 0 saturated carbocycles. The average molecular weight is 416 g/mol. The number of aromatic nitrogens is 5. The van der Waals surface area contributed by atoms with Crippen molar-refractivity contribution in [3.05, 3.63) is 55.8 Å². The van der Waals surface area contributed by atoms with Crippen LogP contribution in [0.2, 0.25) is 5.02 Å². The Morgan fingerprint density at radius 3 is 2.72 bits per heavy atom. The number of fused-ring (bicyclic) bond motifs is 2. The SMILES string of the molecule is Cn1c(NCC(N)=O)nc2c1c(=O)n(Cc1cc3c(Cl)cccc3[nH]1)c(=O)n2C. The number of benzene rings is 1. The zero-order valence-electron chi connectivity index (χ0n) is 15.7. The van der Waals surface area contributed by atoms with Gasteiger partial charge in [-0.2, -0.15) is 4.98 Å². The predicted octanol–water partition coefficient (Wildman–Crippen LogP) is 0.514. The van der Waals surface area contributed by atoms with Crippen molar-refractivity contribution >= 4 is 45.5 Å². The van der Waals surface area contributed by atoms with E-state index in [9.17, 15) is 14.4 Å². The van der Waals surface area contributed by atoms with Gasteiger partial charge in [-0.1, -0.05) is 17.7 Å². The van der Waals surface area contributed by atoms with Crippen molar-refractivity contribution in [2.75, 3.05) is 11.9 Å². The van der Waals surface area contributed by atoms with Crippen molar-refractivity contribution in [1.82, 2.24) is 23.7 Å².